The third kappa shape index (κ3) is 12.4. The molecule has 0 radical (unpaired) electrons. The minimum atomic E-state index is -4.52. The normalized spacial score (nSPS) is 19.3. The molecule has 3 aliphatic heterocycles. The Labute approximate surface area is 457 Å². The van der Waals surface area contributed by atoms with E-state index in [0.29, 0.717) is 102 Å². The average molecular weight is 1110 g/mol. The molecule has 12 rings (SSSR count). The zero-order valence-corrected chi connectivity index (χ0v) is 44.6. The van der Waals surface area contributed by atoms with Crippen LogP contribution in [0, 0.1) is 11.8 Å². The molecule has 24 heteroatoms. The maximum atomic E-state index is 15.8. The first-order valence-electron chi connectivity index (χ1n) is 26.8. The molecule has 6 N–H and O–H groups in total. The van der Waals surface area contributed by atoms with E-state index in [-0.39, 0.29) is 36.3 Å². The van der Waals surface area contributed by atoms with Crippen LogP contribution >= 0.6 is 0 Å². The number of hydrogen-bond acceptors (Lipinski definition) is 14. The van der Waals surface area contributed by atoms with Gasteiger partial charge in [0.05, 0.1) is 39.6 Å². The second-order valence-corrected chi connectivity index (χ2v) is 21.0. The number of halogens is 7. The first kappa shape index (κ1) is 55.6. The fraction of sp³-hybridized carbons (Fsp3) is 0.411. The molecule has 1 unspecified atom stereocenters. The first-order valence-corrected chi connectivity index (χ1v) is 26.8. The van der Waals surface area contributed by atoms with Gasteiger partial charge in [0.15, 0.2) is 22.6 Å². The van der Waals surface area contributed by atoms with Gasteiger partial charge in [0, 0.05) is 93.9 Å². The lowest BCUT2D eigenvalue weighted by atomic mass is 9.83. The maximum Gasteiger partial charge on any atom is 0.418 e. The number of pyridine rings is 6. The van der Waals surface area contributed by atoms with Crippen LogP contribution in [0.2, 0.25) is 0 Å². The minimum Gasteiger partial charge on any atom is -0.355 e. The Kier molecular flexibility index (Phi) is 16.4. The quantitative estimate of drug-likeness (QED) is 0.0744. The molecule has 0 amide bonds. The molecule has 0 aliphatic carbocycles. The third-order valence-corrected chi connectivity index (χ3v) is 14.6. The van der Waals surface area contributed by atoms with E-state index in [4.69, 9.17) is 0 Å². The molecular weight excluding hydrogens is 1040 g/mol. The summed E-state index contributed by atoms with van der Waals surface area (Å²) >= 11 is 0. The highest BCUT2D eigenvalue weighted by atomic mass is 19.4. The monoisotopic (exact) mass is 1110 g/mol. The van der Waals surface area contributed by atoms with Crippen molar-refractivity contribution >= 4 is 44.7 Å². The van der Waals surface area contributed by atoms with Crippen molar-refractivity contribution in [1.29, 1.82) is 0 Å². The van der Waals surface area contributed by atoms with Crippen molar-refractivity contribution in [2.24, 2.45) is 11.8 Å². The summed E-state index contributed by atoms with van der Waals surface area (Å²) < 4.78 is 97.5. The summed E-state index contributed by atoms with van der Waals surface area (Å²) in [6.07, 6.45) is -1.43. The molecular formula is C56H64F7N17. The van der Waals surface area contributed by atoms with Gasteiger partial charge >= 0.3 is 12.4 Å². The number of piperazine rings is 1. The largest absolute Gasteiger partial charge is 0.418 e. The van der Waals surface area contributed by atoms with E-state index in [1.165, 1.54) is 12.1 Å². The van der Waals surface area contributed by atoms with Gasteiger partial charge < -0.3 is 25.8 Å². The van der Waals surface area contributed by atoms with Crippen LogP contribution in [-0.2, 0) is 18.0 Å². The second-order valence-electron chi connectivity index (χ2n) is 21.0. The van der Waals surface area contributed by atoms with Crippen molar-refractivity contribution in [3.8, 4) is 34.2 Å². The maximum absolute atomic E-state index is 15.8. The Balaban J connectivity index is 0.000000146. The number of H-pyrrole nitrogens is 3. The Morgan fingerprint density at radius 3 is 1.71 bits per heavy atom. The molecule has 422 valence electrons. The number of aromatic amines is 3. The van der Waals surface area contributed by atoms with E-state index in [1.54, 1.807) is 48.9 Å². The van der Waals surface area contributed by atoms with E-state index in [2.05, 4.69) is 104 Å². The van der Waals surface area contributed by atoms with E-state index < -0.39 is 29.1 Å². The van der Waals surface area contributed by atoms with Crippen molar-refractivity contribution in [3.63, 3.8) is 0 Å². The fourth-order valence-electron chi connectivity index (χ4n) is 10.5. The highest BCUT2D eigenvalue weighted by Crippen LogP contribution is 2.42. The molecule has 12 heterocycles. The predicted octanol–water partition coefficient (Wildman–Crippen LogP) is 10.5. The standard InChI is InChI=1S/C20H24FN5.C19H21F3N6.C17H17F3N6.H2/c1-13(2)11-14-12-20(21,8-10-22-14)17-7-3-6-16(24-17)18-15-5-4-9-23-19(15)26-25-18;1-11(2)14-10-28(9-8-23-14)15-6-5-13(19(20,21)22)17(25-15)16-12-4-3-7-24-18(12)27-26-16;18-17(19,20)12-4-5-13(26-9-2-6-21-8-10-26)23-15(12)14-11-3-1-7-22-16(11)25-24-14;/h3-7,9,13-14,22H,8,10-12H2,1-2H3,(H,23,25,26);3-7,11,14,23H,8-10H2,1-2H3,(H,24,26,27);1,3-5,7,21H,2,6,8-10H2,(H,22,24,25);1H/t14-,20?;14-;;/m11../s1. The zero-order valence-electron chi connectivity index (χ0n) is 44.6. The molecule has 3 aliphatic rings. The van der Waals surface area contributed by atoms with Crippen LogP contribution in [0.4, 0.5) is 42.4 Å². The van der Waals surface area contributed by atoms with Crippen LogP contribution in [0.5, 0.6) is 0 Å². The molecule has 0 saturated carbocycles. The van der Waals surface area contributed by atoms with Gasteiger partial charge in [0.1, 0.15) is 23.0 Å². The van der Waals surface area contributed by atoms with E-state index in [1.807, 2.05) is 34.1 Å². The smallest absolute Gasteiger partial charge is 0.355 e. The van der Waals surface area contributed by atoms with Gasteiger partial charge in [0.2, 0.25) is 0 Å². The molecule has 3 atom stereocenters. The lowest BCUT2D eigenvalue weighted by Crippen LogP contribution is -2.53. The summed E-state index contributed by atoms with van der Waals surface area (Å²) in [5.41, 5.74) is 0.549. The highest BCUT2D eigenvalue weighted by molar-refractivity contribution is 5.92. The SMILES string of the molecule is CC(C)C[C@@H]1CC(F)(c2cccc(-c3[nH]nc4ncccc34)n2)CCN1.CC(C)[C@H]1CN(c2ccc(C(F)(F)F)c(-c3[nH]nc4ncccc34)n2)CCN1.FC(F)(F)c1ccc(N2CCCNCC2)nc1-c1[nH]nc2ncccc12.[HH]. The van der Waals surface area contributed by atoms with Gasteiger partial charge in [-0.05, 0) is 117 Å². The van der Waals surface area contributed by atoms with Gasteiger partial charge in [-0.15, -0.1) is 0 Å². The van der Waals surface area contributed by atoms with Crippen LogP contribution in [0.1, 0.15) is 71.6 Å². The van der Waals surface area contributed by atoms with E-state index in [0.717, 1.165) is 62.2 Å². The van der Waals surface area contributed by atoms with Crippen LogP contribution in [0.15, 0.2) is 97.5 Å². The molecule has 9 aromatic rings. The predicted molar refractivity (Wildman–Crippen MR) is 295 cm³/mol. The first-order chi connectivity index (χ1) is 38.4. The number of rotatable bonds is 9. The Morgan fingerprint density at radius 2 is 1.15 bits per heavy atom. The average Bonchev–Trinajstić information content (AvgIpc) is 4.33. The molecule has 0 spiro atoms. The lowest BCUT2D eigenvalue weighted by molar-refractivity contribution is -0.138. The van der Waals surface area contributed by atoms with Crippen molar-refractivity contribution in [2.45, 2.75) is 83.5 Å². The molecule has 17 nitrogen and oxygen atoms in total. The number of alkyl halides is 7. The van der Waals surface area contributed by atoms with Gasteiger partial charge in [-0.1, -0.05) is 33.8 Å². The van der Waals surface area contributed by atoms with Gasteiger partial charge in [-0.3, -0.25) is 15.3 Å². The Hall–Kier alpha value is -7.70. The second kappa shape index (κ2) is 23.6. The number of piperidine rings is 1. The Morgan fingerprint density at radius 1 is 0.600 bits per heavy atom. The van der Waals surface area contributed by atoms with Crippen molar-refractivity contribution < 1.29 is 32.2 Å². The van der Waals surface area contributed by atoms with Crippen LogP contribution in [0.25, 0.3) is 67.3 Å². The lowest BCUT2D eigenvalue weighted by Gasteiger charge is -2.36. The zero-order chi connectivity index (χ0) is 56.2. The summed E-state index contributed by atoms with van der Waals surface area (Å²) in [5, 5.41) is 32.7. The molecule has 80 heavy (non-hydrogen) atoms. The number of nitrogens with one attached hydrogen (secondary N) is 6. The van der Waals surface area contributed by atoms with Gasteiger partial charge in [-0.25, -0.2) is 34.3 Å². The minimum absolute atomic E-state index is 0. The van der Waals surface area contributed by atoms with Gasteiger partial charge in [0.25, 0.3) is 0 Å². The number of fused-ring (bicyclic) bond motifs is 3. The van der Waals surface area contributed by atoms with E-state index >= 15 is 4.39 Å². The van der Waals surface area contributed by atoms with Crippen molar-refractivity contribution in [2.75, 3.05) is 62.2 Å². The summed E-state index contributed by atoms with van der Waals surface area (Å²) in [5.74, 6) is 2.02. The van der Waals surface area contributed by atoms with Crippen molar-refractivity contribution in [1.82, 2.24) is 76.4 Å². The molecule has 0 aromatic carbocycles. The van der Waals surface area contributed by atoms with Crippen LogP contribution < -0.4 is 25.8 Å². The van der Waals surface area contributed by atoms with Crippen LogP contribution in [0.3, 0.4) is 0 Å². The summed E-state index contributed by atoms with van der Waals surface area (Å²) in [6, 6.07) is 21.6. The fourth-order valence-corrected chi connectivity index (χ4v) is 10.5. The van der Waals surface area contributed by atoms with E-state index in [9.17, 15) is 26.3 Å². The van der Waals surface area contributed by atoms with Crippen LogP contribution in [-0.4, -0.2) is 125 Å². The summed E-state index contributed by atoms with van der Waals surface area (Å²) in [4.78, 5) is 29.9. The number of aromatic nitrogens is 12. The summed E-state index contributed by atoms with van der Waals surface area (Å²) in [7, 11) is 0. The number of nitrogens with zero attached hydrogens (tertiary/aromatic N) is 11. The van der Waals surface area contributed by atoms with Crippen molar-refractivity contribution in [3.05, 3.63) is 114 Å². The highest BCUT2D eigenvalue weighted by Gasteiger charge is 2.41. The Bertz CT molecular complexity index is 3540. The number of anilines is 2. The molecule has 0 bridgehead atoms. The van der Waals surface area contributed by atoms with Gasteiger partial charge in [-0.2, -0.15) is 41.6 Å². The molecule has 3 fully saturated rings. The third-order valence-electron chi connectivity index (χ3n) is 14.6. The molecule has 3 saturated heterocycles. The molecule has 9 aromatic heterocycles. The topological polar surface area (TPSA) is 206 Å². The summed E-state index contributed by atoms with van der Waals surface area (Å²) in [6.45, 7) is 14.5. The number of hydrogen-bond donors (Lipinski definition) is 6.